The Hall–Kier alpha value is -1.02. The number of aryl methyl sites for hydroxylation is 1. The van der Waals surface area contributed by atoms with E-state index in [2.05, 4.69) is 6.07 Å². The van der Waals surface area contributed by atoms with Crippen LogP contribution in [0.3, 0.4) is 0 Å². The highest BCUT2D eigenvalue weighted by Gasteiger charge is 2.00. The SMILES string of the molecule is CCOc1ccccc1CCCN. The van der Waals surface area contributed by atoms with Crippen molar-refractivity contribution in [1.82, 2.24) is 0 Å². The van der Waals surface area contributed by atoms with Gasteiger partial charge in [-0.2, -0.15) is 0 Å². The number of hydrogen-bond donors (Lipinski definition) is 1. The van der Waals surface area contributed by atoms with Crippen LogP contribution in [0, 0.1) is 0 Å². The zero-order valence-electron chi connectivity index (χ0n) is 8.12. The molecule has 0 heterocycles. The van der Waals surface area contributed by atoms with Crippen LogP contribution >= 0.6 is 0 Å². The molecule has 0 saturated carbocycles. The van der Waals surface area contributed by atoms with Crippen molar-refractivity contribution in [3.8, 4) is 5.75 Å². The third-order valence-electron chi connectivity index (χ3n) is 1.92. The standard InChI is InChI=1S/C11H17NO/c1-2-13-11-8-4-3-6-10(11)7-5-9-12/h3-4,6,8H,2,5,7,9,12H2,1H3. The number of benzene rings is 1. The van der Waals surface area contributed by atoms with Gasteiger partial charge in [-0.25, -0.2) is 0 Å². The predicted molar refractivity (Wildman–Crippen MR) is 55.0 cm³/mol. The number of para-hydroxylation sites is 1. The van der Waals surface area contributed by atoms with E-state index in [1.165, 1.54) is 5.56 Å². The molecule has 0 bridgehead atoms. The largest absolute Gasteiger partial charge is 0.494 e. The average molecular weight is 179 g/mol. The van der Waals surface area contributed by atoms with E-state index in [4.69, 9.17) is 10.5 Å². The summed E-state index contributed by atoms with van der Waals surface area (Å²) in [6, 6.07) is 8.14. The lowest BCUT2D eigenvalue weighted by Crippen LogP contribution is -2.02. The van der Waals surface area contributed by atoms with Crippen LogP contribution in [-0.2, 0) is 6.42 Å². The van der Waals surface area contributed by atoms with Crippen molar-refractivity contribution in [2.24, 2.45) is 5.73 Å². The maximum atomic E-state index is 5.49. The van der Waals surface area contributed by atoms with Crippen molar-refractivity contribution in [2.45, 2.75) is 19.8 Å². The van der Waals surface area contributed by atoms with E-state index in [1.54, 1.807) is 0 Å². The highest BCUT2D eigenvalue weighted by atomic mass is 16.5. The van der Waals surface area contributed by atoms with Crippen LogP contribution in [0.25, 0.3) is 0 Å². The van der Waals surface area contributed by atoms with E-state index in [9.17, 15) is 0 Å². The Labute approximate surface area is 79.7 Å². The van der Waals surface area contributed by atoms with E-state index in [0.29, 0.717) is 0 Å². The van der Waals surface area contributed by atoms with Crippen LogP contribution in [0.5, 0.6) is 5.75 Å². The fraction of sp³-hybridized carbons (Fsp3) is 0.455. The summed E-state index contributed by atoms with van der Waals surface area (Å²) in [5.74, 6) is 0.999. The molecule has 0 amide bonds. The average Bonchev–Trinajstić information content (AvgIpc) is 2.17. The summed E-state index contributed by atoms with van der Waals surface area (Å²) >= 11 is 0. The summed E-state index contributed by atoms with van der Waals surface area (Å²) in [6.07, 6.45) is 2.02. The molecular weight excluding hydrogens is 162 g/mol. The van der Waals surface area contributed by atoms with E-state index in [0.717, 1.165) is 31.7 Å². The van der Waals surface area contributed by atoms with Crippen molar-refractivity contribution in [3.05, 3.63) is 29.8 Å². The van der Waals surface area contributed by atoms with Gasteiger partial charge < -0.3 is 10.5 Å². The van der Waals surface area contributed by atoms with Crippen LogP contribution in [0.1, 0.15) is 18.9 Å². The van der Waals surface area contributed by atoms with Gasteiger partial charge in [0, 0.05) is 0 Å². The topological polar surface area (TPSA) is 35.2 Å². The van der Waals surface area contributed by atoms with Crippen LogP contribution in [-0.4, -0.2) is 13.2 Å². The van der Waals surface area contributed by atoms with E-state index < -0.39 is 0 Å². The zero-order chi connectivity index (χ0) is 9.52. The Bertz CT molecular complexity index is 248. The maximum Gasteiger partial charge on any atom is 0.122 e. The Balaban J connectivity index is 2.66. The molecule has 1 aromatic rings. The molecule has 0 radical (unpaired) electrons. The zero-order valence-corrected chi connectivity index (χ0v) is 8.12. The van der Waals surface area contributed by atoms with Gasteiger partial charge in [-0.15, -0.1) is 0 Å². The molecule has 2 N–H and O–H groups in total. The summed E-state index contributed by atoms with van der Waals surface area (Å²) < 4.78 is 5.49. The monoisotopic (exact) mass is 179 g/mol. The molecule has 0 aliphatic carbocycles. The lowest BCUT2D eigenvalue weighted by Gasteiger charge is -2.08. The first-order valence-electron chi connectivity index (χ1n) is 4.79. The van der Waals surface area contributed by atoms with Gasteiger partial charge in [-0.05, 0) is 37.9 Å². The summed E-state index contributed by atoms with van der Waals surface area (Å²) in [7, 11) is 0. The molecule has 0 saturated heterocycles. The molecular formula is C11H17NO. The van der Waals surface area contributed by atoms with Gasteiger partial charge >= 0.3 is 0 Å². The van der Waals surface area contributed by atoms with Gasteiger partial charge in [0.15, 0.2) is 0 Å². The quantitative estimate of drug-likeness (QED) is 0.750. The van der Waals surface area contributed by atoms with Crippen molar-refractivity contribution >= 4 is 0 Å². The number of rotatable bonds is 5. The molecule has 0 fully saturated rings. The molecule has 0 aliphatic heterocycles. The number of ether oxygens (including phenoxy) is 1. The van der Waals surface area contributed by atoms with E-state index in [-0.39, 0.29) is 0 Å². The van der Waals surface area contributed by atoms with Gasteiger partial charge in [-0.1, -0.05) is 18.2 Å². The van der Waals surface area contributed by atoms with Gasteiger partial charge in [0.2, 0.25) is 0 Å². The minimum Gasteiger partial charge on any atom is -0.494 e. The van der Waals surface area contributed by atoms with Crippen molar-refractivity contribution in [3.63, 3.8) is 0 Å². The van der Waals surface area contributed by atoms with Crippen molar-refractivity contribution in [2.75, 3.05) is 13.2 Å². The Morgan fingerprint density at radius 2 is 2.08 bits per heavy atom. The molecule has 13 heavy (non-hydrogen) atoms. The maximum absolute atomic E-state index is 5.49. The summed E-state index contributed by atoms with van der Waals surface area (Å²) in [5.41, 5.74) is 6.72. The highest BCUT2D eigenvalue weighted by molar-refractivity contribution is 5.33. The minimum absolute atomic E-state index is 0.722. The Morgan fingerprint density at radius 1 is 1.31 bits per heavy atom. The van der Waals surface area contributed by atoms with Gasteiger partial charge in [0.05, 0.1) is 6.61 Å². The molecule has 2 nitrogen and oxygen atoms in total. The van der Waals surface area contributed by atoms with Crippen molar-refractivity contribution in [1.29, 1.82) is 0 Å². The van der Waals surface area contributed by atoms with Crippen LogP contribution in [0.2, 0.25) is 0 Å². The lowest BCUT2D eigenvalue weighted by atomic mass is 10.1. The third-order valence-corrected chi connectivity index (χ3v) is 1.92. The Kier molecular flexibility index (Phi) is 4.33. The molecule has 0 spiro atoms. The molecule has 0 aliphatic rings. The smallest absolute Gasteiger partial charge is 0.122 e. The predicted octanol–water partition coefficient (Wildman–Crippen LogP) is 1.98. The Morgan fingerprint density at radius 3 is 2.77 bits per heavy atom. The molecule has 0 unspecified atom stereocenters. The first-order valence-corrected chi connectivity index (χ1v) is 4.79. The molecule has 0 atom stereocenters. The first-order chi connectivity index (χ1) is 6.38. The number of nitrogens with two attached hydrogens (primary N) is 1. The molecule has 0 aromatic heterocycles. The normalized spacial score (nSPS) is 10.0. The fourth-order valence-corrected chi connectivity index (χ4v) is 1.30. The van der Waals surface area contributed by atoms with Crippen LogP contribution in [0.4, 0.5) is 0 Å². The molecule has 1 aromatic carbocycles. The van der Waals surface area contributed by atoms with E-state index >= 15 is 0 Å². The molecule has 2 heteroatoms. The summed E-state index contributed by atoms with van der Waals surface area (Å²) in [5, 5.41) is 0. The van der Waals surface area contributed by atoms with Gasteiger partial charge in [0.1, 0.15) is 5.75 Å². The lowest BCUT2D eigenvalue weighted by molar-refractivity contribution is 0.336. The molecule has 72 valence electrons. The second-order valence-electron chi connectivity index (χ2n) is 2.93. The van der Waals surface area contributed by atoms with E-state index in [1.807, 2.05) is 25.1 Å². The van der Waals surface area contributed by atoms with Gasteiger partial charge in [-0.3, -0.25) is 0 Å². The highest BCUT2D eigenvalue weighted by Crippen LogP contribution is 2.18. The minimum atomic E-state index is 0.722. The summed E-state index contributed by atoms with van der Waals surface area (Å²) in [4.78, 5) is 0. The molecule has 1 rings (SSSR count). The van der Waals surface area contributed by atoms with Crippen LogP contribution < -0.4 is 10.5 Å². The summed E-state index contributed by atoms with van der Waals surface area (Å²) in [6.45, 7) is 3.46. The van der Waals surface area contributed by atoms with Gasteiger partial charge in [0.25, 0.3) is 0 Å². The van der Waals surface area contributed by atoms with Crippen LogP contribution in [0.15, 0.2) is 24.3 Å². The second-order valence-corrected chi connectivity index (χ2v) is 2.93. The van der Waals surface area contributed by atoms with Crippen molar-refractivity contribution < 1.29 is 4.74 Å². The second kappa shape index (κ2) is 5.60. The fourth-order valence-electron chi connectivity index (χ4n) is 1.30. The first kappa shape index (κ1) is 10.1. The third kappa shape index (κ3) is 3.07. The number of hydrogen-bond acceptors (Lipinski definition) is 2.